The largest absolute Gasteiger partial charge is 0.330 e. The summed E-state index contributed by atoms with van der Waals surface area (Å²) in [6, 6.07) is 5.95. The minimum Gasteiger partial charge on any atom is -0.330 e. The highest BCUT2D eigenvalue weighted by molar-refractivity contribution is 5.93. The van der Waals surface area contributed by atoms with Crippen molar-refractivity contribution in [2.45, 2.75) is 26.7 Å². The van der Waals surface area contributed by atoms with E-state index in [1.54, 1.807) is 19.2 Å². The van der Waals surface area contributed by atoms with Gasteiger partial charge in [0.25, 0.3) is 5.69 Å². The first-order valence-corrected chi connectivity index (χ1v) is 7.06. The molecule has 0 aromatic heterocycles. The van der Waals surface area contributed by atoms with Crippen molar-refractivity contribution >= 4 is 17.3 Å². The molecule has 0 aliphatic carbocycles. The smallest absolute Gasteiger partial charge is 0.269 e. The molecule has 0 radical (unpaired) electrons. The second kappa shape index (κ2) is 7.73. The van der Waals surface area contributed by atoms with Gasteiger partial charge in [0, 0.05) is 31.3 Å². The molecule has 2 N–H and O–H groups in total. The summed E-state index contributed by atoms with van der Waals surface area (Å²) in [7, 11) is 1.67. The van der Waals surface area contributed by atoms with Crippen molar-refractivity contribution in [3.8, 4) is 0 Å². The number of nitrogens with two attached hydrogens (primary N) is 1. The van der Waals surface area contributed by atoms with Gasteiger partial charge in [0.05, 0.1) is 4.92 Å². The van der Waals surface area contributed by atoms with E-state index in [1.165, 1.54) is 17.0 Å². The zero-order valence-electron chi connectivity index (χ0n) is 12.8. The molecule has 6 heteroatoms. The van der Waals surface area contributed by atoms with Crippen LogP contribution in [0, 0.1) is 22.0 Å². The molecule has 1 atom stereocenters. The number of anilines is 1. The minimum absolute atomic E-state index is 0.0132. The Kier molecular flexibility index (Phi) is 6.30. The maximum Gasteiger partial charge on any atom is 0.269 e. The number of carbonyl (C=O) groups is 1. The Morgan fingerprint density at radius 1 is 1.33 bits per heavy atom. The van der Waals surface area contributed by atoms with Crippen LogP contribution in [0.4, 0.5) is 11.4 Å². The van der Waals surface area contributed by atoms with Gasteiger partial charge in [-0.25, -0.2) is 0 Å². The predicted octanol–water partition coefficient (Wildman–Crippen LogP) is 2.57. The monoisotopic (exact) mass is 293 g/mol. The topological polar surface area (TPSA) is 89.5 Å². The SMILES string of the molecule is CC(C)CC(CN)CC(=O)N(C)c1ccc([N+](=O)[O-])cc1. The third-order valence-corrected chi connectivity index (χ3v) is 3.42. The van der Waals surface area contributed by atoms with Gasteiger partial charge in [-0.2, -0.15) is 0 Å². The van der Waals surface area contributed by atoms with Crippen LogP contribution in [0.5, 0.6) is 0 Å². The summed E-state index contributed by atoms with van der Waals surface area (Å²) in [5.41, 5.74) is 6.37. The van der Waals surface area contributed by atoms with Crippen LogP contribution in [0.2, 0.25) is 0 Å². The van der Waals surface area contributed by atoms with Crippen molar-refractivity contribution in [2.24, 2.45) is 17.6 Å². The zero-order chi connectivity index (χ0) is 16.0. The summed E-state index contributed by atoms with van der Waals surface area (Å²) in [6.45, 7) is 4.69. The molecule has 21 heavy (non-hydrogen) atoms. The van der Waals surface area contributed by atoms with Gasteiger partial charge < -0.3 is 10.6 Å². The number of carbonyl (C=O) groups excluding carboxylic acids is 1. The van der Waals surface area contributed by atoms with Gasteiger partial charge >= 0.3 is 0 Å². The zero-order valence-corrected chi connectivity index (χ0v) is 12.8. The number of amides is 1. The molecule has 0 aliphatic heterocycles. The Labute approximate surface area is 125 Å². The Morgan fingerprint density at radius 3 is 2.33 bits per heavy atom. The second-order valence-corrected chi connectivity index (χ2v) is 5.66. The lowest BCUT2D eigenvalue weighted by Gasteiger charge is -2.22. The van der Waals surface area contributed by atoms with E-state index in [2.05, 4.69) is 13.8 Å². The van der Waals surface area contributed by atoms with E-state index < -0.39 is 4.92 Å². The molecule has 0 aliphatic rings. The summed E-state index contributed by atoms with van der Waals surface area (Å²) in [6.07, 6.45) is 1.30. The van der Waals surface area contributed by atoms with Crippen molar-refractivity contribution in [3.05, 3.63) is 34.4 Å². The molecule has 0 heterocycles. The number of benzene rings is 1. The number of nitro groups is 1. The van der Waals surface area contributed by atoms with Gasteiger partial charge in [0.1, 0.15) is 0 Å². The van der Waals surface area contributed by atoms with Gasteiger partial charge in [0.2, 0.25) is 5.91 Å². The van der Waals surface area contributed by atoms with Crippen molar-refractivity contribution in [3.63, 3.8) is 0 Å². The lowest BCUT2D eigenvalue weighted by atomic mass is 9.94. The van der Waals surface area contributed by atoms with E-state index in [-0.39, 0.29) is 17.5 Å². The Balaban J connectivity index is 2.70. The van der Waals surface area contributed by atoms with Crippen LogP contribution in [0.15, 0.2) is 24.3 Å². The third-order valence-electron chi connectivity index (χ3n) is 3.42. The molecular formula is C15H23N3O3. The van der Waals surface area contributed by atoms with E-state index in [0.29, 0.717) is 24.6 Å². The minimum atomic E-state index is -0.460. The molecule has 6 nitrogen and oxygen atoms in total. The lowest BCUT2D eigenvalue weighted by Crippen LogP contribution is -2.30. The summed E-state index contributed by atoms with van der Waals surface area (Å²) < 4.78 is 0. The summed E-state index contributed by atoms with van der Waals surface area (Å²) in [5.74, 6) is 0.633. The van der Waals surface area contributed by atoms with Crippen LogP contribution in [0.1, 0.15) is 26.7 Å². The highest BCUT2D eigenvalue weighted by Crippen LogP contribution is 2.21. The fourth-order valence-corrected chi connectivity index (χ4v) is 2.26. The maximum absolute atomic E-state index is 12.2. The van der Waals surface area contributed by atoms with Crippen molar-refractivity contribution in [1.29, 1.82) is 0 Å². The molecule has 0 fully saturated rings. The molecule has 1 amide bonds. The predicted molar refractivity (Wildman–Crippen MR) is 83.1 cm³/mol. The Morgan fingerprint density at radius 2 is 1.90 bits per heavy atom. The molecule has 1 aromatic carbocycles. The first-order valence-electron chi connectivity index (χ1n) is 7.06. The fraction of sp³-hybridized carbons (Fsp3) is 0.533. The number of non-ortho nitro benzene ring substituents is 1. The van der Waals surface area contributed by atoms with Crippen molar-refractivity contribution in [2.75, 3.05) is 18.5 Å². The second-order valence-electron chi connectivity index (χ2n) is 5.66. The van der Waals surface area contributed by atoms with Crippen LogP contribution in [-0.4, -0.2) is 24.4 Å². The molecule has 0 spiro atoms. The average molecular weight is 293 g/mol. The van der Waals surface area contributed by atoms with E-state index in [1.807, 2.05) is 0 Å². The summed E-state index contributed by atoms with van der Waals surface area (Å²) in [4.78, 5) is 23.9. The van der Waals surface area contributed by atoms with E-state index in [9.17, 15) is 14.9 Å². The Hall–Kier alpha value is -1.95. The van der Waals surface area contributed by atoms with Crippen LogP contribution >= 0.6 is 0 Å². The van der Waals surface area contributed by atoms with Crippen LogP contribution in [0.25, 0.3) is 0 Å². The standard InChI is InChI=1S/C15H23N3O3/c1-11(2)8-12(10-16)9-15(19)17(3)13-4-6-14(7-5-13)18(20)21/h4-7,11-12H,8-10,16H2,1-3H3. The summed E-state index contributed by atoms with van der Waals surface area (Å²) in [5, 5.41) is 10.6. The third kappa shape index (κ3) is 5.15. The van der Waals surface area contributed by atoms with Crippen LogP contribution in [0.3, 0.4) is 0 Å². The Bertz CT molecular complexity index is 485. The number of nitrogens with zero attached hydrogens (tertiary/aromatic N) is 2. The van der Waals surface area contributed by atoms with Crippen molar-refractivity contribution < 1.29 is 9.72 Å². The van der Waals surface area contributed by atoms with Gasteiger partial charge in [0.15, 0.2) is 0 Å². The maximum atomic E-state index is 12.2. The molecule has 1 unspecified atom stereocenters. The number of rotatable bonds is 7. The number of hydrogen-bond donors (Lipinski definition) is 1. The van der Waals surface area contributed by atoms with E-state index in [4.69, 9.17) is 5.73 Å². The lowest BCUT2D eigenvalue weighted by molar-refractivity contribution is -0.384. The first-order chi connectivity index (χ1) is 9.85. The number of hydrogen-bond acceptors (Lipinski definition) is 4. The number of nitro benzene ring substituents is 1. The van der Waals surface area contributed by atoms with Crippen LogP contribution in [-0.2, 0) is 4.79 Å². The van der Waals surface area contributed by atoms with Crippen molar-refractivity contribution in [1.82, 2.24) is 0 Å². The molecule has 1 aromatic rings. The average Bonchev–Trinajstić information content (AvgIpc) is 2.45. The van der Waals surface area contributed by atoms with Gasteiger partial charge in [-0.3, -0.25) is 14.9 Å². The molecule has 0 saturated heterocycles. The highest BCUT2D eigenvalue weighted by Gasteiger charge is 2.18. The van der Waals surface area contributed by atoms with Gasteiger partial charge in [-0.1, -0.05) is 13.8 Å². The van der Waals surface area contributed by atoms with Gasteiger partial charge in [-0.05, 0) is 36.9 Å². The quantitative estimate of drug-likeness (QED) is 0.618. The highest BCUT2D eigenvalue weighted by atomic mass is 16.6. The summed E-state index contributed by atoms with van der Waals surface area (Å²) >= 11 is 0. The molecule has 1 rings (SSSR count). The van der Waals surface area contributed by atoms with Crippen LogP contribution < -0.4 is 10.6 Å². The van der Waals surface area contributed by atoms with Gasteiger partial charge in [-0.15, -0.1) is 0 Å². The van der Waals surface area contributed by atoms with E-state index in [0.717, 1.165) is 6.42 Å². The normalized spacial score (nSPS) is 12.2. The van der Waals surface area contributed by atoms with E-state index >= 15 is 0 Å². The molecular weight excluding hydrogens is 270 g/mol. The molecule has 0 bridgehead atoms. The fourth-order valence-electron chi connectivity index (χ4n) is 2.26. The molecule has 0 saturated carbocycles. The first kappa shape index (κ1) is 17.1. The molecule has 116 valence electrons.